The van der Waals surface area contributed by atoms with E-state index in [1.807, 2.05) is 47.0 Å². The molecule has 0 spiro atoms. The van der Waals surface area contributed by atoms with Crippen LogP contribution in [0, 0.1) is 5.92 Å². The van der Waals surface area contributed by atoms with Gasteiger partial charge in [-0.05, 0) is 50.9 Å². The summed E-state index contributed by atoms with van der Waals surface area (Å²) in [7, 11) is 0. The minimum absolute atomic E-state index is 0.0318. The van der Waals surface area contributed by atoms with Crippen molar-refractivity contribution >= 4 is 224 Å². The Morgan fingerprint density at radius 2 is 0.818 bits per heavy atom. The monoisotopic (exact) mass is 940 g/mol. The fourth-order valence-electron chi connectivity index (χ4n) is 5.52. The third kappa shape index (κ3) is 18.1. The Morgan fingerprint density at radius 3 is 1.09 bits per heavy atom. The maximum atomic E-state index is 5.30. The molecule has 0 amide bonds. The molecule has 0 heterocycles. The third-order valence-corrected chi connectivity index (χ3v) is 20.7. The molecule has 0 saturated heterocycles. The van der Waals surface area contributed by atoms with Crippen LogP contribution in [0.25, 0.3) is 0 Å². The van der Waals surface area contributed by atoms with E-state index in [2.05, 4.69) is 75.8 Å². The van der Waals surface area contributed by atoms with Crippen LogP contribution in [0.1, 0.15) is 44.9 Å². The van der Waals surface area contributed by atoms with Gasteiger partial charge in [0.1, 0.15) is 0 Å². The third-order valence-electron chi connectivity index (χ3n) is 7.98. The first kappa shape index (κ1) is 48.3. The lowest BCUT2D eigenvalue weighted by atomic mass is 9.74. The van der Waals surface area contributed by atoms with Gasteiger partial charge in [0.25, 0.3) is 0 Å². The molecule has 1 fully saturated rings. The second-order valence-corrected chi connectivity index (χ2v) is 25.5. The molecular formula is C26H52S18. The Balaban J connectivity index is 3.13. The molecule has 0 radical (unpaired) electrons. The van der Waals surface area contributed by atoms with Gasteiger partial charge in [0.15, 0.2) is 0 Å². The van der Waals surface area contributed by atoms with Crippen molar-refractivity contribution in [3.05, 3.63) is 0 Å². The molecule has 18 heteroatoms. The van der Waals surface area contributed by atoms with Crippen molar-refractivity contribution in [1.82, 2.24) is 0 Å². The van der Waals surface area contributed by atoms with E-state index in [1.165, 1.54) is 0 Å². The summed E-state index contributed by atoms with van der Waals surface area (Å²) in [4.78, 5) is 0. The van der Waals surface area contributed by atoms with Gasteiger partial charge < -0.3 is 0 Å². The first-order valence-corrected chi connectivity index (χ1v) is 26.4. The van der Waals surface area contributed by atoms with E-state index in [9.17, 15) is 0 Å². The maximum Gasteiger partial charge on any atom is 0.0365 e. The van der Waals surface area contributed by atoms with Gasteiger partial charge in [-0.1, -0.05) is 0 Å². The van der Waals surface area contributed by atoms with Gasteiger partial charge in [0, 0.05) is 94.3 Å². The van der Waals surface area contributed by atoms with Gasteiger partial charge in [-0.3, -0.25) is 0 Å². The minimum Gasteiger partial charge on any atom is -0.178 e. The molecule has 1 aliphatic rings. The van der Waals surface area contributed by atoms with Gasteiger partial charge in [0.05, 0.1) is 0 Å². The second kappa shape index (κ2) is 27.0. The summed E-state index contributed by atoms with van der Waals surface area (Å²) < 4.78 is -0.0318. The SMILES string of the molecule is SCSC(CC(SCS)C(S)CC(S)C(CC1(S)CC(S)C1)C(S)CC(S)C(CC(SCS)C(S)CS)SCS)C(S)CS. The molecule has 1 saturated carbocycles. The largest absolute Gasteiger partial charge is 0.178 e. The average Bonchev–Trinajstić information content (AvgIpc) is 2.96. The first-order valence-electron chi connectivity index (χ1n) is 14.4. The van der Waals surface area contributed by atoms with Crippen LogP contribution >= 0.6 is 224 Å². The molecule has 1 aliphatic carbocycles. The highest BCUT2D eigenvalue weighted by atomic mass is 32.2. The highest BCUT2D eigenvalue weighted by molar-refractivity contribution is 8.11. The molecule has 0 nitrogen and oxygen atoms in total. The zero-order valence-corrected chi connectivity index (χ0v) is 40.3. The second-order valence-electron chi connectivity index (χ2n) is 11.2. The van der Waals surface area contributed by atoms with Crippen molar-refractivity contribution in [2.45, 2.75) is 107 Å². The molecule has 0 aromatic rings. The van der Waals surface area contributed by atoms with E-state index >= 15 is 0 Å². The van der Waals surface area contributed by atoms with Crippen molar-refractivity contribution in [3.8, 4) is 0 Å². The number of hydrogen-bond donors (Lipinski definition) is 14. The topological polar surface area (TPSA) is 0 Å². The van der Waals surface area contributed by atoms with Gasteiger partial charge in [-0.15, -0.1) is 47.0 Å². The summed E-state index contributed by atoms with van der Waals surface area (Å²) >= 11 is 75.1. The normalized spacial score (nSPS) is 26.5. The zero-order valence-electron chi connectivity index (χ0n) is 24.5. The molecule has 10 atom stereocenters. The van der Waals surface area contributed by atoms with Crippen molar-refractivity contribution in [2.75, 3.05) is 31.8 Å². The van der Waals surface area contributed by atoms with E-state index in [0.717, 1.165) is 76.8 Å². The van der Waals surface area contributed by atoms with E-state index in [0.29, 0.717) is 26.2 Å². The Kier molecular flexibility index (Phi) is 29.6. The molecule has 0 aromatic heterocycles. The maximum absolute atomic E-state index is 5.30. The van der Waals surface area contributed by atoms with Gasteiger partial charge in [0.2, 0.25) is 0 Å². The number of hydrogen-bond acceptors (Lipinski definition) is 18. The van der Waals surface area contributed by atoms with Crippen molar-refractivity contribution in [3.63, 3.8) is 0 Å². The quantitative estimate of drug-likeness (QED) is 0.0309. The van der Waals surface area contributed by atoms with Crippen LogP contribution in [0.4, 0.5) is 0 Å². The zero-order chi connectivity index (χ0) is 33.4. The summed E-state index contributed by atoms with van der Waals surface area (Å²) in [6.45, 7) is 0. The molecule has 0 aliphatic heterocycles. The molecule has 0 aromatic carbocycles. The standard InChI is InChI=1S/C26H52S18/c27-8-20(38)24(43-12-31)3-22(41-10-29)18(36)1-16(34)15(7-26(40)5-14(33)6-26)17(35)2-19(37)23(42-11-30)4-25(44-13-32)21(39)9-28/h14-25,27-40H,1-13H2. The number of rotatable bonds is 26. The molecule has 44 heavy (non-hydrogen) atoms. The fourth-order valence-corrected chi connectivity index (χ4v) is 17.5. The lowest BCUT2D eigenvalue weighted by Gasteiger charge is -2.46. The van der Waals surface area contributed by atoms with E-state index in [4.69, 9.17) is 101 Å². The van der Waals surface area contributed by atoms with Crippen molar-refractivity contribution in [2.24, 2.45) is 5.92 Å². The first-order chi connectivity index (χ1) is 20.8. The molecule has 0 N–H and O–H groups in total. The lowest BCUT2D eigenvalue weighted by molar-refractivity contribution is 0.284. The molecule has 0 bridgehead atoms. The number of thioether (sulfide) groups is 4. The Bertz CT molecular complexity index is 683. The van der Waals surface area contributed by atoms with Crippen molar-refractivity contribution in [1.29, 1.82) is 0 Å². The highest BCUT2D eigenvalue weighted by Crippen LogP contribution is 2.49. The Morgan fingerprint density at radius 1 is 0.500 bits per heavy atom. The molecular weight excluding hydrogens is 889 g/mol. The predicted molar refractivity (Wildman–Crippen MR) is 266 cm³/mol. The predicted octanol–water partition coefficient (Wildman–Crippen LogP) is 9.92. The van der Waals surface area contributed by atoms with Gasteiger partial charge in [-0.25, -0.2) is 0 Å². The van der Waals surface area contributed by atoms with Crippen molar-refractivity contribution < 1.29 is 0 Å². The lowest BCUT2D eigenvalue weighted by Crippen LogP contribution is -2.45. The van der Waals surface area contributed by atoms with Crippen LogP contribution in [0.5, 0.6) is 0 Å². The minimum atomic E-state index is -0.0318. The fraction of sp³-hybridized carbons (Fsp3) is 1.00. The van der Waals surface area contributed by atoms with Crippen LogP contribution in [0.2, 0.25) is 0 Å². The molecule has 264 valence electrons. The van der Waals surface area contributed by atoms with Gasteiger partial charge >= 0.3 is 0 Å². The Hall–Kier alpha value is 6.30. The summed E-state index contributed by atoms with van der Waals surface area (Å²) in [5, 5.41) is 5.72. The van der Waals surface area contributed by atoms with Crippen LogP contribution < -0.4 is 0 Å². The Labute approximate surface area is 364 Å². The molecule has 10 unspecified atom stereocenters. The van der Waals surface area contributed by atoms with Gasteiger partial charge in [-0.2, -0.15) is 177 Å². The number of thiol groups is 14. The van der Waals surface area contributed by atoms with Crippen LogP contribution in [0.3, 0.4) is 0 Å². The highest BCUT2D eigenvalue weighted by Gasteiger charge is 2.44. The van der Waals surface area contributed by atoms with Crippen LogP contribution in [-0.2, 0) is 0 Å². The summed E-state index contributed by atoms with van der Waals surface area (Å²) in [5.74, 6) is 1.71. The summed E-state index contributed by atoms with van der Waals surface area (Å²) in [6.07, 6.45) is 6.69. The van der Waals surface area contributed by atoms with Crippen LogP contribution in [-0.4, -0.2) is 94.3 Å². The summed E-state index contributed by atoms with van der Waals surface area (Å²) in [6, 6.07) is 0. The van der Waals surface area contributed by atoms with E-state index < -0.39 is 0 Å². The molecule has 1 rings (SSSR count). The van der Waals surface area contributed by atoms with Crippen LogP contribution in [0.15, 0.2) is 0 Å². The van der Waals surface area contributed by atoms with E-state index in [-0.39, 0.29) is 42.2 Å². The summed E-state index contributed by atoms with van der Waals surface area (Å²) in [5.41, 5.74) is 0. The average molecular weight is 942 g/mol. The van der Waals surface area contributed by atoms with E-state index in [1.54, 1.807) is 0 Å². The smallest absolute Gasteiger partial charge is 0.0365 e.